The second kappa shape index (κ2) is 6.34. The fourth-order valence-electron chi connectivity index (χ4n) is 1.96. The van der Waals surface area contributed by atoms with E-state index in [9.17, 15) is 9.90 Å². The average molecular weight is 289 g/mol. The van der Waals surface area contributed by atoms with E-state index < -0.39 is 5.97 Å². The van der Waals surface area contributed by atoms with Crippen molar-refractivity contribution in [3.05, 3.63) is 36.4 Å². The largest absolute Gasteiger partial charge is 0.476 e. The van der Waals surface area contributed by atoms with Gasteiger partial charge in [0.1, 0.15) is 5.82 Å². The highest BCUT2D eigenvalue weighted by molar-refractivity contribution is 5.91. The zero-order valence-corrected chi connectivity index (χ0v) is 12.3. The summed E-state index contributed by atoms with van der Waals surface area (Å²) in [6.07, 6.45) is 6.81. The van der Waals surface area contributed by atoms with Crippen LogP contribution in [0.15, 0.2) is 24.9 Å². The van der Waals surface area contributed by atoms with Crippen LogP contribution in [-0.2, 0) is 6.54 Å². The van der Waals surface area contributed by atoms with Crippen LogP contribution in [0, 0.1) is 0 Å². The van der Waals surface area contributed by atoms with Gasteiger partial charge in [-0.1, -0.05) is 13.8 Å². The van der Waals surface area contributed by atoms with E-state index in [0.717, 1.165) is 0 Å². The standard InChI is InChI=1S/C14H19N5O2/c1-9(2)13-16-6-11(12(18-13)14(20)21)17-10(3)7-19-5-4-15-8-19/h4-6,8-10,17H,7H2,1-3H3,(H,20,21). The number of hydrogen-bond donors (Lipinski definition) is 2. The summed E-state index contributed by atoms with van der Waals surface area (Å²) in [6.45, 7) is 6.48. The Hall–Kier alpha value is -2.44. The summed E-state index contributed by atoms with van der Waals surface area (Å²) in [6, 6.07) is 0.0193. The van der Waals surface area contributed by atoms with Crippen LogP contribution >= 0.6 is 0 Å². The van der Waals surface area contributed by atoms with Gasteiger partial charge in [0, 0.05) is 30.9 Å². The van der Waals surface area contributed by atoms with Crippen molar-refractivity contribution in [2.24, 2.45) is 0 Å². The average Bonchev–Trinajstić information content (AvgIpc) is 2.91. The normalized spacial score (nSPS) is 12.4. The molecular formula is C14H19N5O2. The maximum Gasteiger partial charge on any atom is 0.356 e. The molecule has 0 amide bonds. The van der Waals surface area contributed by atoms with Crippen LogP contribution in [0.1, 0.15) is 43.0 Å². The van der Waals surface area contributed by atoms with Crippen LogP contribution in [0.3, 0.4) is 0 Å². The number of carboxylic acids is 1. The number of imidazole rings is 1. The van der Waals surface area contributed by atoms with E-state index in [1.165, 1.54) is 6.20 Å². The Morgan fingerprint density at radius 2 is 2.19 bits per heavy atom. The number of carboxylic acid groups (broad SMARTS) is 1. The van der Waals surface area contributed by atoms with Gasteiger partial charge in [0.15, 0.2) is 5.69 Å². The van der Waals surface area contributed by atoms with E-state index in [2.05, 4.69) is 20.3 Å². The van der Waals surface area contributed by atoms with Crippen molar-refractivity contribution in [3.8, 4) is 0 Å². The predicted octanol–water partition coefficient (Wildman–Crippen LogP) is 2.00. The Bertz CT molecular complexity index is 610. The number of anilines is 1. The van der Waals surface area contributed by atoms with Crippen LogP contribution in [0.5, 0.6) is 0 Å². The quantitative estimate of drug-likeness (QED) is 0.844. The first-order valence-electron chi connectivity index (χ1n) is 6.80. The van der Waals surface area contributed by atoms with Crippen molar-refractivity contribution < 1.29 is 9.90 Å². The van der Waals surface area contributed by atoms with Gasteiger partial charge in [0.05, 0.1) is 18.2 Å². The van der Waals surface area contributed by atoms with Gasteiger partial charge in [0.2, 0.25) is 0 Å². The van der Waals surface area contributed by atoms with Crippen molar-refractivity contribution in [3.63, 3.8) is 0 Å². The first-order valence-corrected chi connectivity index (χ1v) is 6.80. The van der Waals surface area contributed by atoms with E-state index in [4.69, 9.17) is 0 Å². The molecule has 2 rings (SSSR count). The highest BCUT2D eigenvalue weighted by Gasteiger charge is 2.17. The van der Waals surface area contributed by atoms with Crippen LogP contribution in [0.25, 0.3) is 0 Å². The molecule has 0 aliphatic carbocycles. The van der Waals surface area contributed by atoms with E-state index in [0.29, 0.717) is 18.1 Å². The third kappa shape index (κ3) is 3.77. The number of nitrogens with one attached hydrogen (secondary N) is 1. The highest BCUT2D eigenvalue weighted by atomic mass is 16.4. The number of hydrogen-bond acceptors (Lipinski definition) is 5. The summed E-state index contributed by atoms with van der Waals surface area (Å²) < 4.78 is 1.92. The van der Waals surface area contributed by atoms with Crippen molar-refractivity contribution in [1.82, 2.24) is 19.5 Å². The van der Waals surface area contributed by atoms with Gasteiger partial charge in [-0.05, 0) is 6.92 Å². The monoisotopic (exact) mass is 289 g/mol. The molecule has 2 heterocycles. The summed E-state index contributed by atoms with van der Waals surface area (Å²) in [5.74, 6) is -0.447. The van der Waals surface area contributed by atoms with E-state index >= 15 is 0 Å². The smallest absolute Gasteiger partial charge is 0.356 e. The number of nitrogens with zero attached hydrogens (tertiary/aromatic N) is 4. The van der Waals surface area contributed by atoms with Gasteiger partial charge in [-0.2, -0.15) is 0 Å². The molecule has 7 nitrogen and oxygen atoms in total. The maximum absolute atomic E-state index is 11.3. The Morgan fingerprint density at radius 1 is 1.43 bits per heavy atom. The molecule has 0 saturated carbocycles. The van der Waals surface area contributed by atoms with E-state index in [1.807, 2.05) is 31.5 Å². The molecule has 7 heteroatoms. The molecule has 2 N–H and O–H groups in total. The van der Waals surface area contributed by atoms with Gasteiger partial charge in [-0.25, -0.2) is 19.7 Å². The SMILES string of the molecule is CC(Cn1ccnc1)Nc1cnc(C(C)C)nc1C(=O)O. The number of rotatable bonds is 6. The molecule has 112 valence electrons. The lowest BCUT2D eigenvalue weighted by Crippen LogP contribution is -2.23. The highest BCUT2D eigenvalue weighted by Crippen LogP contribution is 2.17. The predicted molar refractivity (Wildman–Crippen MR) is 78.4 cm³/mol. The van der Waals surface area contributed by atoms with Crippen molar-refractivity contribution in [2.45, 2.75) is 39.3 Å². The van der Waals surface area contributed by atoms with Crippen LogP contribution in [0.2, 0.25) is 0 Å². The lowest BCUT2D eigenvalue weighted by molar-refractivity contribution is 0.0691. The Kier molecular flexibility index (Phi) is 4.52. The summed E-state index contributed by atoms with van der Waals surface area (Å²) in [5.41, 5.74) is 0.436. The number of aromatic carboxylic acids is 1. The summed E-state index contributed by atoms with van der Waals surface area (Å²) in [7, 11) is 0. The third-order valence-electron chi connectivity index (χ3n) is 2.97. The Morgan fingerprint density at radius 3 is 2.76 bits per heavy atom. The van der Waals surface area contributed by atoms with Gasteiger partial charge in [-0.3, -0.25) is 0 Å². The molecular weight excluding hydrogens is 270 g/mol. The molecule has 1 atom stereocenters. The van der Waals surface area contributed by atoms with Crippen molar-refractivity contribution in [1.29, 1.82) is 0 Å². The molecule has 0 aromatic carbocycles. The Labute approximate surface area is 123 Å². The molecule has 0 aliphatic rings. The fourth-order valence-corrected chi connectivity index (χ4v) is 1.96. The summed E-state index contributed by atoms with van der Waals surface area (Å²) >= 11 is 0. The van der Waals surface area contributed by atoms with Gasteiger partial charge in [-0.15, -0.1) is 0 Å². The van der Waals surface area contributed by atoms with Crippen LogP contribution in [-0.4, -0.2) is 36.6 Å². The third-order valence-corrected chi connectivity index (χ3v) is 2.97. The first kappa shape index (κ1) is 15.0. The first-order chi connectivity index (χ1) is 9.97. The molecule has 0 bridgehead atoms. The maximum atomic E-state index is 11.3. The molecule has 0 spiro atoms. The van der Waals surface area contributed by atoms with Crippen LogP contribution < -0.4 is 5.32 Å². The Balaban J connectivity index is 2.16. The lowest BCUT2D eigenvalue weighted by atomic mass is 10.2. The zero-order valence-electron chi connectivity index (χ0n) is 12.3. The lowest BCUT2D eigenvalue weighted by Gasteiger charge is -2.17. The number of aromatic nitrogens is 4. The molecule has 0 radical (unpaired) electrons. The molecule has 21 heavy (non-hydrogen) atoms. The van der Waals surface area contributed by atoms with E-state index in [-0.39, 0.29) is 17.7 Å². The molecule has 1 unspecified atom stereocenters. The van der Waals surface area contributed by atoms with E-state index in [1.54, 1.807) is 12.5 Å². The minimum Gasteiger partial charge on any atom is -0.476 e. The van der Waals surface area contributed by atoms with Gasteiger partial charge >= 0.3 is 5.97 Å². The zero-order chi connectivity index (χ0) is 15.4. The topological polar surface area (TPSA) is 92.9 Å². The summed E-state index contributed by atoms with van der Waals surface area (Å²) in [4.78, 5) is 23.7. The summed E-state index contributed by atoms with van der Waals surface area (Å²) in [5, 5.41) is 12.4. The minimum absolute atomic E-state index is 0.00572. The molecule has 0 aliphatic heterocycles. The fraction of sp³-hybridized carbons (Fsp3) is 0.429. The molecule has 0 fully saturated rings. The second-order valence-corrected chi connectivity index (χ2v) is 5.26. The van der Waals surface area contributed by atoms with Crippen molar-refractivity contribution in [2.75, 3.05) is 5.32 Å². The molecule has 2 aromatic rings. The molecule has 0 saturated heterocycles. The van der Waals surface area contributed by atoms with Crippen molar-refractivity contribution >= 4 is 11.7 Å². The minimum atomic E-state index is -1.06. The second-order valence-electron chi connectivity index (χ2n) is 5.26. The van der Waals surface area contributed by atoms with Gasteiger partial charge in [0.25, 0.3) is 0 Å². The molecule has 2 aromatic heterocycles. The van der Waals surface area contributed by atoms with Gasteiger partial charge < -0.3 is 15.0 Å². The number of carbonyl (C=O) groups is 1. The van der Waals surface area contributed by atoms with Crippen LogP contribution in [0.4, 0.5) is 5.69 Å².